The van der Waals surface area contributed by atoms with Gasteiger partial charge in [0.15, 0.2) is 0 Å². The van der Waals surface area contributed by atoms with E-state index < -0.39 is 5.41 Å². The predicted molar refractivity (Wildman–Crippen MR) is 251 cm³/mol. The van der Waals surface area contributed by atoms with E-state index in [2.05, 4.69) is 254 Å². The minimum atomic E-state index is -0.481. The third kappa shape index (κ3) is 5.48. The van der Waals surface area contributed by atoms with Crippen molar-refractivity contribution in [1.82, 2.24) is 0 Å². The summed E-state index contributed by atoms with van der Waals surface area (Å²) in [6.07, 6.45) is 0. The summed E-state index contributed by atoms with van der Waals surface area (Å²) in [4.78, 5) is 4.78. The maximum Gasteiger partial charge on any atom is 0.0720 e. The van der Waals surface area contributed by atoms with Crippen LogP contribution in [0.1, 0.15) is 47.2 Å². The van der Waals surface area contributed by atoms with Crippen molar-refractivity contribution in [1.29, 1.82) is 0 Å². The normalized spacial score (nSPS) is 13.8. The molecule has 0 unspecified atom stereocenters. The Kier molecular flexibility index (Phi) is 8.42. The van der Waals surface area contributed by atoms with Crippen molar-refractivity contribution < 1.29 is 0 Å². The molecule has 9 aromatic carbocycles. The Balaban J connectivity index is 1.11. The minimum Gasteiger partial charge on any atom is -0.310 e. The van der Waals surface area contributed by atoms with Crippen LogP contribution in [0.3, 0.4) is 0 Å². The summed E-state index contributed by atoms with van der Waals surface area (Å²) in [5.74, 6) is 0. The second kappa shape index (κ2) is 14.1. The molecule has 9 aromatic rings. The van der Waals surface area contributed by atoms with Gasteiger partial charge in [-0.25, -0.2) is 0 Å². The van der Waals surface area contributed by atoms with E-state index in [0.29, 0.717) is 0 Å². The Morgan fingerprint density at radius 2 is 0.650 bits per heavy atom. The highest BCUT2D eigenvalue weighted by Gasteiger charge is 2.53. The highest BCUT2D eigenvalue weighted by molar-refractivity contribution is 5.92. The lowest BCUT2D eigenvalue weighted by Gasteiger charge is -2.46. The number of hydrogen-bond acceptors (Lipinski definition) is 2. The smallest absolute Gasteiger partial charge is 0.0720 e. The first-order chi connectivity index (χ1) is 29.5. The number of para-hydroxylation sites is 2. The van der Waals surface area contributed by atoms with E-state index in [9.17, 15) is 0 Å². The predicted octanol–water partition coefficient (Wildman–Crippen LogP) is 15.3. The van der Waals surface area contributed by atoms with E-state index in [1.54, 1.807) is 0 Å². The quantitative estimate of drug-likeness (QED) is 0.159. The number of hydrogen-bond donors (Lipinski definition) is 0. The molecule has 0 amide bonds. The highest BCUT2D eigenvalue weighted by atomic mass is 15.2. The molecule has 2 nitrogen and oxygen atoms in total. The minimum absolute atomic E-state index is 0.156. The van der Waals surface area contributed by atoms with Gasteiger partial charge in [-0.2, -0.15) is 0 Å². The lowest BCUT2D eigenvalue weighted by molar-refractivity contribution is 0.563. The average Bonchev–Trinajstić information content (AvgIpc) is 3.60. The Morgan fingerprint density at radius 3 is 1.23 bits per heavy atom. The van der Waals surface area contributed by atoms with Crippen LogP contribution in [0, 0.1) is 0 Å². The molecule has 2 heteroatoms. The zero-order chi connectivity index (χ0) is 40.3. The lowest BCUT2D eigenvalue weighted by atomic mass is 9.55. The number of nitrogens with zero attached hydrogens (tertiary/aromatic N) is 2. The third-order valence-corrected chi connectivity index (χ3v) is 12.9. The molecular weight excluding hydrogens is 725 g/mol. The number of fused-ring (bicyclic) bond motifs is 9. The SMILES string of the molecule is CC1(C)c2ccccc2C2(c3ccccc3-c3ccc(N(c4ccccc4)c4cccc(N(c5ccccc5)c5ccc(-c6ccccc6)cc5)c4)cc32)c2ccccc21. The van der Waals surface area contributed by atoms with Crippen molar-refractivity contribution >= 4 is 34.1 Å². The zero-order valence-electron chi connectivity index (χ0n) is 33.8. The van der Waals surface area contributed by atoms with Gasteiger partial charge in [0.1, 0.15) is 0 Å². The third-order valence-electron chi connectivity index (χ3n) is 12.9. The average molecular weight is 769 g/mol. The van der Waals surface area contributed by atoms with E-state index in [4.69, 9.17) is 0 Å². The molecule has 2 aliphatic rings. The van der Waals surface area contributed by atoms with Crippen molar-refractivity contribution in [3.63, 3.8) is 0 Å². The summed E-state index contributed by atoms with van der Waals surface area (Å²) in [6.45, 7) is 4.77. The molecule has 11 rings (SSSR count). The van der Waals surface area contributed by atoms with Crippen LogP contribution in [0.2, 0.25) is 0 Å². The topological polar surface area (TPSA) is 6.48 Å². The Bertz CT molecular complexity index is 2950. The molecule has 0 aliphatic heterocycles. The van der Waals surface area contributed by atoms with Gasteiger partial charge in [0.2, 0.25) is 0 Å². The molecule has 2 aliphatic carbocycles. The largest absolute Gasteiger partial charge is 0.310 e. The van der Waals surface area contributed by atoms with Crippen LogP contribution in [0.5, 0.6) is 0 Å². The van der Waals surface area contributed by atoms with Gasteiger partial charge in [0.25, 0.3) is 0 Å². The molecule has 0 radical (unpaired) electrons. The van der Waals surface area contributed by atoms with Gasteiger partial charge >= 0.3 is 0 Å². The highest BCUT2D eigenvalue weighted by Crippen LogP contribution is 2.62. The molecule has 1 spiro atoms. The first kappa shape index (κ1) is 35.7. The van der Waals surface area contributed by atoms with Crippen molar-refractivity contribution in [3.05, 3.63) is 264 Å². The summed E-state index contributed by atoms with van der Waals surface area (Å²) >= 11 is 0. The van der Waals surface area contributed by atoms with Crippen molar-refractivity contribution in [2.24, 2.45) is 0 Å². The maximum atomic E-state index is 2.48. The fourth-order valence-electron chi connectivity index (χ4n) is 10.2. The standard InChI is InChI=1S/C58H44N2/c1-57(2)52-29-14-16-31-54(52)58(55-32-17-15-30-53(55)57)51-28-13-12-27-49(51)50-38-37-48(40-56(50)58)60(44-23-10-5-11-24-44)47-26-18-25-46(39-47)59(43-21-8-4-9-22-43)45-35-33-42(34-36-45)41-19-6-3-7-20-41/h3-40H,1-2H3. The van der Waals surface area contributed by atoms with Gasteiger partial charge in [-0.15, -0.1) is 0 Å². The number of rotatable bonds is 7. The van der Waals surface area contributed by atoms with Gasteiger partial charge in [-0.3, -0.25) is 0 Å². The van der Waals surface area contributed by atoms with Gasteiger partial charge in [-0.1, -0.05) is 178 Å². The summed E-state index contributed by atoms with van der Waals surface area (Å²) < 4.78 is 0. The fourth-order valence-corrected chi connectivity index (χ4v) is 10.2. The van der Waals surface area contributed by atoms with Crippen LogP contribution < -0.4 is 9.80 Å². The second-order valence-electron chi connectivity index (χ2n) is 16.5. The van der Waals surface area contributed by atoms with E-state index in [0.717, 1.165) is 34.1 Å². The van der Waals surface area contributed by atoms with Crippen LogP contribution in [0.15, 0.2) is 231 Å². The maximum absolute atomic E-state index is 2.48. The number of benzene rings is 9. The van der Waals surface area contributed by atoms with Gasteiger partial charge in [-0.05, 0) is 122 Å². The summed E-state index contributed by atoms with van der Waals surface area (Å²) in [7, 11) is 0. The fraction of sp³-hybridized carbons (Fsp3) is 0.0690. The Morgan fingerprint density at radius 1 is 0.267 bits per heavy atom. The van der Waals surface area contributed by atoms with Crippen LogP contribution in [-0.4, -0.2) is 0 Å². The Hall–Kier alpha value is -7.42. The summed E-state index contributed by atoms with van der Waals surface area (Å²) in [5.41, 5.74) is 19.1. The molecule has 0 heterocycles. The van der Waals surface area contributed by atoms with E-state index in [1.165, 1.54) is 55.6 Å². The van der Waals surface area contributed by atoms with E-state index >= 15 is 0 Å². The second-order valence-corrected chi connectivity index (χ2v) is 16.5. The Labute approximate surface area is 353 Å². The molecule has 0 fully saturated rings. The number of anilines is 6. The molecule has 286 valence electrons. The first-order valence-electron chi connectivity index (χ1n) is 20.9. The molecule has 0 saturated heterocycles. The van der Waals surface area contributed by atoms with E-state index in [1.807, 2.05) is 0 Å². The molecule has 0 bridgehead atoms. The summed E-state index contributed by atoms with van der Waals surface area (Å²) in [6, 6.07) is 84.6. The van der Waals surface area contributed by atoms with Gasteiger partial charge in [0, 0.05) is 39.5 Å². The molecule has 0 atom stereocenters. The molecule has 0 N–H and O–H groups in total. The molecular formula is C58H44N2. The van der Waals surface area contributed by atoms with Crippen molar-refractivity contribution in [2.45, 2.75) is 24.7 Å². The monoisotopic (exact) mass is 768 g/mol. The van der Waals surface area contributed by atoms with Crippen molar-refractivity contribution in [2.75, 3.05) is 9.80 Å². The van der Waals surface area contributed by atoms with Crippen LogP contribution in [0.25, 0.3) is 22.3 Å². The first-order valence-corrected chi connectivity index (χ1v) is 20.9. The van der Waals surface area contributed by atoms with Crippen LogP contribution >= 0.6 is 0 Å². The molecule has 0 saturated carbocycles. The lowest BCUT2D eigenvalue weighted by Crippen LogP contribution is -2.40. The van der Waals surface area contributed by atoms with Crippen LogP contribution in [-0.2, 0) is 10.8 Å². The van der Waals surface area contributed by atoms with Gasteiger partial charge in [0.05, 0.1) is 5.41 Å². The van der Waals surface area contributed by atoms with Gasteiger partial charge < -0.3 is 9.80 Å². The molecule has 60 heavy (non-hydrogen) atoms. The van der Waals surface area contributed by atoms with Crippen LogP contribution in [0.4, 0.5) is 34.1 Å². The molecule has 0 aromatic heterocycles. The summed E-state index contributed by atoms with van der Waals surface area (Å²) in [5, 5.41) is 0. The van der Waals surface area contributed by atoms with Crippen molar-refractivity contribution in [3.8, 4) is 22.3 Å². The zero-order valence-corrected chi connectivity index (χ0v) is 33.8. The van der Waals surface area contributed by atoms with E-state index in [-0.39, 0.29) is 5.41 Å².